The van der Waals surface area contributed by atoms with E-state index in [1.807, 2.05) is 41.3 Å². The second-order valence-electron chi connectivity index (χ2n) is 5.70. The van der Waals surface area contributed by atoms with E-state index in [0.717, 1.165) is 12.0 Å². The minimum Gasteiger partial charge on any atom is -0.861 e. The number of allylic oxidation sites excluding steroid dienone is 1. The average Bonchev–Trinajstić information content (AvgIpc) is 2.54. The molecule has 0 bridgehead atoms. The molecule has 1 atom stereocenters. The Morgan fingerprint density at radius 2 is 1.83 bits per heavy atom. The molecule has 0 aliphatic carbocycles. The van der Waals surface area contributed by atoms with Gasteiger partial charge in [-0.3, -0.25) is 4.79 Å². The Labute approximate surface area is 148 Å². The number of hydrogen-bond donors (Lipinski definition) is 0. The molecular weight excluding hydrogens is 283 g/mol. The first kappa shape index (κ1) is 17.5. The van der Waals surface area contributed by atoms with Crippen LogP contribution in [0.15, 0.2) is 71.5 Å². The second-order valence-corrected chi connectivity index (χ2v) is 5.70. The molecule has 0 saturated carbocycles. The molecule has 1 aliphatic rings. The summed E-state index contributed by atoms with van der Waals surface area (Å²) in [7, 11) is 0. The van der Waals surface area contributed by atoms with Crippen LogP contribution in [0, 0.1) is 5.92 Å². The summed E-state index contributed by atoms with van der Waals surface area (Å²) in [6.45, 7) is 1.96. The van der Waals surface area contributed by atoms with E-state index in [0.29, 0.717) is 19.6 Å². The molecule has 4 nitrogen and oxygen atoms in total. The van der Waals surface area contributed by atoms with Crippen LogP contribution in [0.5, 0.6) is 0 Å². The molecule has 2 heterocycles. The number of benzene rings is 1. The van der Waals surface area contributed by atoms with Gasteiger partial charge in [-0.15, -0.1) is 0 Å². The summed E-state index contributed by atoms with van der Waals surface area (Å²) in [5.41, 5.74) is 1.13. The first-order valence-corrected chi connectivity index (χ1v) is 7.54. The van der Waals surface area contributed by atoms with Gasteiger partial charge in [-0.05, 0) is 29.9 Å². The summed E-state index contributed by atoms with van der Waals surface area (Å²) in [4.78, 5) is 13.7. The summed E-state index contributed by atoms with van der Waals surface area (Å²) in [5.74, 6) is 0.363. The molecule has 1 aromatic heterocycles. The molecule has 0 radical (unpaired) electrons. The predicted molar refractivity (Wildman–Crippen MR) is 83.7 cm³/mol. The maximum Gasteiger partial charge on any atom is 1.00 e. The van der Waals surface area contributed by atoms with Crippen LogP contribution in [0.4, 0.5) is 0 Å². The van der Waals surface area contributed by atoms with Crippen molar-refractivity contribution in [2.24, 2.45) is 5.92 Å². The van der Waals surface area contributed by atoms with Crippen LogP contribution in [0.1, 0.15) is 12.0 Å². The molecule has 0 spiro atoms. The smallest absolute Gasteiger partial charge is 0.861 e. The molecule has 0 amide bonds. The van der Waals surface area contributed by atoms with Crippen LogP contribution >= 0.6 is 0 Å². The molecular formula is C18H19LiN2O2. The Morgan fingerprint density at radius 3 is 2.57 bits per heavy atom. The largest absolute Gasteiger partial charge is 1.00 e. The molecule has 0 fully saturated rings. The van der Waals surface area contributed by atoms with Gasteiger partial charge in [-0.2, -0.15) is 0 Å². The van der Waals surface area contributed by atoms with Crippen LogP contribution in [0.3, 0.4) is 0 Å². The van der Waals surface area contributed by atoms with Gasteiger partial charge in [0.25, 0.3) is 5.56 Å². The summed E-state index contributed by atoms with van der Waals surface area (Å²) < 4.78 is 1.72. The predicted octanol–water partition coefficient (Wildman–Crippen LogP) is -1.42. The summed E-state index contributed by atoms with van der Waals surface area (Å²) >= 11 is 0. The van der Waals surface area contributed by atoms with Gasteiger partial charge in [0.1, 0.15) is 0 Å². The normalized spacial score (nSPS) is 17.3. The Kier molecular flexibility index (Phi) is 6.15. The Hall–Kier alpha value is -1.89. The average molecular weight is 302 g/mol. The molecule has 2 aromatic rings. The van der Waals surface area contributed by atoms with Crippen LogP contribution in [0.2, 0.25) is 0 Å². The van der Waals surface area contributed by atoms with Gasteiger partial charge in [-0.1, -0.05) is 42.5 Å². The van der Waals surface area contributed by atoms with E-state index in [2.05, 4.69) is 0 Å². The zero-order chi connectivity index (χ0) is 15.4. The molecule has 5 heteroatoms. The van der Waals surface area contributed by atoms with Crippen molar-refractivity contribution in [2.45, 2.75) is 19.5 Å². The summed E-state index contributed by atoms with van der Waals surface area (Å²) in [5, 5.41) is 12.1. The van der Waals surface area contributed by atoms with Crippen molar-refractivity contribution < 1.29 is 24.0 Å². The molecule has 1 aromatic carbocycles. The van der Waals surface area contributed by atoms with E-state index < -0.39 is 0 Å². The van der Waals surface area contributed by atoms with Crippen molar-refractivity contribution in [3.05, 3.63) is 82.6 Å². The Bertz CT molecular complexity index is 712. The minimum absolute atomic E-state index is 0. The third-order valence-electron chi connectivity index (χ3n) is 3.99. The number of hydrogen-bond acceptors (Lipinski definition) is 3. The van der Waals surface area contributed by atoms with Crippen LogP contribution in [0.25, 0.3) is 0 Å². The Balaban J connectivity index is 0.00000192. The van der Waals surface area contributed by atoms with Gasteiger partial charge in [0.2, 0.25) is 0 Å². The zero-order valence-electron chi connectivity index (χ0n) is 13.4. The van der Waals surface area contributed by atoms with E-state index in [-0.39, 0.29) is 36.2 Å². The van der Waals surface area contributed by atoms with E-state index in [1.54, 1.807) is 29.0 Å². The van der Waals surface area contributed by atoms with Gasteiger partial charge in [0, 0.05) is 31.9 Å². The molecule has 114 valence electrons. The molecule has 1 unspecified atom stereocenters. The maximum atomic E-state index is 12.1. The van der Waals surface area contributed by atoms with Gasteiger partial charge >= 0.3 is 18.9 Å². The first-order chi connectivity index (χ1) is 10.7. The second kappa shape index (κ2) is 8.10. The number of aromatic nitrogens is 1. The molecule has 1 aliphatic heterocycles. The standard InChI is InChI=1S/C18H20N2O2.Li/c21-17-8-4-5-11-19(17)13-16-9-10-18(22)20(14-16)12-15-6-2-1-3-7-15;/h1-8,10-11,16,22H,9,12-14H2;/q;+1/p-1. The van der Waals surface area contributed by atoms with Crippen molar-refractivity contribution in [3.63, 3.8) is 0 Å². The van der Waals surface area contributed by atoms with Gasteiger partial charge < -0.3 is 14.6 Å². The van der Waals surface area contributed by atoms with Crippen LogP contribution < -0.4 is 29.5 Å². The number of pyridine rings is 1. The summed E-state index contributed by atoms with van der Waals surface area (Å²) in [6.07, 6.45) is 4.27. The van der Waals surface area contributed by atoms with E-state index in [4.69, 9.17) is 0 Å². The molecule has 0 saturated heterocycles. The molecule has 0 N–H and O–H groups in total. The summed E-state index contributed by atoms with van der Waals surface area (Å²) in [6, 6.07) is 15.2. The van der Waals surface area contributed by atoms with Crippen molar-refractivity contribution in [2.75, 3.05) is 6.54 Å². The fourth-order valence-corrected chi connectivity index (χ4v) is 2.84. The van der Waals surface area contributed by atoms with Crippen LogP contribution in [-0.4, -0.2) is 16.0 Å². The Morgan fingerprint density at radius 1 is 1.09 bits per heavy atom. The van der Waals surface area contributed by atoms with Crippen molar-refractivity contribution >= 4 is 0 Å². The third-order valence-corrected chi connectivity index (χ3v) is 3.99. The molecule has 23 heavy (non-hydrogen) atoms. The van der Waals surface area contributed by atoms with E-state index >= 15 is 0 Å². The fraction of sp³-hybridized carbons (Fsp3) is 0.278. The zero-order valence-corrected chi connectivity index (χ0v) is 13.4. The van der Waals surface area contributed by atoms with Crippen molar-refractivity contribution in [1.29, 1.82) is 0 Å². The van der Waals surface area contributed by atoms with Gasteiger partial charge in [-0.25, -0.2) is 0 Å². The van der Waals surface area contributed by atoms with Gasteiger partial charge in [0.15, 0.2) is 0 Å². The van der Waals surface area contributed by atoms with E-state index in [9.17, 15) is 9.90 Å². The topological polar surface area (TPSA) is 48.3 Å². The quantitative estimate of drug-likeness (QED) is 0.651. The van der Waals surface area contributed by atoms with Crippen molar-refractivity contribution in [1.82, 2.24) is 9.47 Å². The van der Waals surface area contributed by atoms with Crippen LogP contribution in [-0.2, 0) is 13.1 Å². The molecule has 3 rings (SSSR count). The number of nitrogens with zero attached hydrogens (tertiary/aromatic N) is 2. The van der Waals surface area contributed by atoms with Crippen molar-refractivity contribution in [3.8, 4) is 0 Å². The SMILES string of the molecule is O=c1ccccn1CC1CC=C([O-])N(Cc2ccccc2)C1.[Li+]. The number of rotatable bonds is 4. The van der Waals surface area contributed by atoms with Gasteiger partial charge in [0.05, 0.1) is 0 Å². The minimum atomic E-state index is 0. The fourth-order valence-electron chi connectivity index (χ4n) is 2.84. The first-order valence-electron chi connectivity index (χ1n) is 7.54. The third kappa shape index (κ3) is 4.54. The van der Waals surface area contributed by atoms with E-state index in [1.165, 1.54) is 0 Å². The monoisotopic (exact) mass is 302 g/mol. The maximum absolute atomic E-state index is 12.1.